The summed E-state index contributed by atoms with van der Waals surface area (Å²) < 4.78 is 0. The Hall–Kier alpha value is -0.430. The fourth-order valence-corrected chi connectivity index (χ4v) is 1.73. The summed E-state index contributed by atoms with van der Waals surface area (Å²) in [6, 6.07) is 8.65. The Kier molecular flexibility index (Phi) is 4.23. The maximum atomic E-state index is 2.23. The average molecular weight is 180 g/mol. The van der Waals surface area contributed by atoms with E-state index < -0.39 is 0 Å². The summed E-state index contributed by atoms with van der Waals surface area (Å²) in [5, 5.41) is 0. The Morgan fingerprint density at radius 3 is 2.67 bits per heavy atom. The number of benzene rings is 1. The molecule has 1 aromatic carbocycles. The number of hydrogen-bond donors (Lipinski definition) is 0. The molecule has 0 aromatic heterocycles. The van der Waals surface area contributed by atoms with Gasteiger partial charge in [0.1, 0.15) is 0 Å². The molecule has 0 aliphatic rings. The minimum Gasteiger partial charge on any atom is -0.165 e. The van der Waals surface area contributed by atoms with Crippen LogP contribution in [0.1, 0.15) is 17.5 Å². The van der Waals surface area contributed by atoms with Crippen LogP contribution in [0.4, 0.5) is 0 Å². The summed E-state index contributed by atoms with van der Waals surface area (Å²) in [4.78, 5) is 0. The minimum absolute atomic E-state index is 1.23. The first-order chi connectivity index (χ1) is 5.84. The van der Waals surface area contributed by atoms with Gasteiger partial charge < -0.3 is 0 Å². The van der Waals surface area contributed by atoms with Crippen LogP contribution in [0.3, 0.4) is 0 Å². The standard InChI is InChI=1S/C11H16S/c1-10-6-3-4-7-11(10)8-5-9-12-2/h3-4,6-7H,5,8-9H2,1-2H3. The number of hydrogen-bond acceptors (Lipinski definition) is 1. The zero-order valence-corrected chi connectivity index (χ0v) is 8.66. The number of rotatable bonds is 4. The lowest BCUT2D eigenvalue weighted by molar-refractivity contribution is 0.925. The maximum Gasteiger partial charge on any atom is -0.00671 e. The molecule has 1 aromatic rings. The molecule has 0 saturated heterocycles. The van der Waals surface area contributed by atoms with Crippen molar-refractivity contribution in [2.75, 3.05) is 12.0 Å². The first-order valence-electron chi connectivity index (χ1n) is 4.38. The van der Waals surface area contributed by atoms with E-state index in [1.54, 1.807) is 0 Å². The van der Waals surface area contributed by atoms with Gasteiger partial charge in [0.25, 0.3) is 0 Å². The highest BCUT2D eigenvalue weighted by Crippen LogP contribution is 2.10. The molecular formula is C11H16S. The summed E-state index contributed by atoms with van der Waals surface area (Å²) in [7, 11) is 0. The lowest BCUT2D eigenvalue weighted by Crippen LogP contribution is -1.90. The SMILES string of the molecule is CSCCCc1ccccc1C. The molecule has 12 heavy (non-hydrogen) atoms. The third-order valence-electron chi connectivity index (χ3n) is 2.06. The van der Waals surface area contributed by atoms with Gasteiger partial charge in [-0.1, -0.05) is 24.3 Å². The quantitative estimate of drug-likeness (QED) is 0.641. The molecule has 0 heterocycles. The van der Waals surface area contributed by atoms with E-state index in [4.69, 9.17) is 0 Å². The topological polar surface area (TPSA) is 0 Å². The Labute approximate surface area is 79.4 Å². The van der Waals surface area contributed by atoms with Crippen molar-refractivity contribution in [3.8, 4) is 0 Å². The molecule has 0 saturated carbocycles. The molecule has 0 aliphatic carbocycles. The molecule has 0 amide bonds. The summed E-state index contributed by atoms with van der Waals surface area (Å²) in [6.45, 7) is 2.19. The smallest absolute Gasteiger partial charge is 0.00671 e. The van der Waals surface area contributed by atoms with Crippen molar-refractivity contribution < 1.29 is 0 Å². The van der Waals surface area contributed by atoms with E-state index in [2.05, 4.69) is 37.4 Å². The van der Waals surface area contributed by atoms with Crippen LogP contribution in [0.5, 0.6) is 0 Å². The Bertz CT molecular complexity index is 230. The Balaban J connectivity index is 2.46. The van der Waals surface area contributed by atoms with E-state index >= 15 is 0 Å². The Morgan fingerprint density at radius 2 is 2.00 bits per heavy atom. The summed E-state index contributed by atoms with van der Waals surface area (Å²) in [5.41, 5.74) is 2.94. The summed E-state index contributed by atoms with van der Waals surface area (Å²) in [5.74, 6) is 1.27. The van der Waals surface area contributed by atoms with Crippen LogP contribution in [0, 0.1) is 6.92 Å². The minimum atomic E-state index is 1.23. The van der Waals surface area contributed by atoms with E-state index in [0.29, 0.717) is 0 Å². The largest absolute Gasteiger partial charge is 0.165 e. The molecule has 0 unspecified atom stereocenters. The fourth-order valence-electron chi connectivity index (χ4n) is 1.30. The second-order valence-corrected chi connectivity index (χ2v) is 4.01. The van der Waals surface area contributed by atoms with Crippen molar-refractivity contribution in [2.24, 2.45) is 0 Å². The first kappa shape index (κ1) is 9.66. The second kappa shape index (κ2) is 5.26. The maximum absolute atomic E-state index is 2.23. The molecule has 0 bridgehead atoms. The van der Waals surface area contributed by atoms with Crippen LogP contribution in [0.2, 0.25) is 0 Å². The molecular weight excluding hydrogens is 164 g/mol. The van der Waals surface area contributed by atoms with Gasteiger partial charge in [-0.3, -0.25) is 0 Å². The van der Waals surface area contributed by atoms with Crippen LogP contribution >= 0.6 is 11.8 Å². The van der Waals surface area contributed by atoms with Crippen molar-refractivity contribution in [3.63, 3.8) is 0 Å². The van der Waals surface area contributed by atoms with E-state index in [0.717, 1.165) is 0 Å². The molecule has 0 N–H and O–H groups in total. The van der Waals surface area contributed by atoms with E-state index in [1.807, 2.05) is 11.8 Å². The number of thioether (sulfide) groups is 1. The molecule has 1 rings (SSSR count). The predicted molar refractivity (Wildman–Crippen MR) is 57.9 cm³/mol. The van der Waals surface area contributed by atoms with Crippen molar-refractivity contribution in [1.82, 2.24) is 0 Å². The van der Waals surface area contributed by atoms with E-state index in [1.165, 1.54) is 29.7 Å². The van der Waals surface area contributed by atoms with Gasteiger partial charge in [0.15, 0.2) is 0 Å². The van der Waals surface area contributed by atoms with Crippen molar-refractivity contribution in [3.05, 3.63) is 35.4 Å². The van der Waals surface area contributed by atoms with Gasteiger partial charge in [-0.15, -0.1) is 0 Å². The number of aryl methyl sites for hydroxylation is 2. The Morgan fingerprint density at radius 1 is 1.25 bits per heavy atom. The van der Waals surface area contributed by atoms with Crippen molar-refractivity contribution in [2.45, 2.75) is 19.8 Å². The first-order valence-corrected chi connectivity index (χ1v) is 5.77. The molecule has 1 heteroatoms. The summed E-state index contributed by atoms with van der Waals surface area (Å²) >= 11 is 1.93. The average Bonchev–Trinajstić information content (AvgIpc) is 2.09. The fraction of sp³-hybridized carbons (Fsp3) is 0.455. The van der Waals surface area contributed by atoms with Gasteiger partial charge in [0.2, 0.25) is 0 Å². The van der Waals surface area contributed by atoms with Gasteiger partial charge in [0.05, 0.1) is 0 Å². The van der Waals surface area contributed by atoms with Gasteiger partial charge in [-0.25, -0.2) is 0 Å². The third-order valence-corrected chi connectivity index (χ3v) is 2.75. The molecule has 0 atom stereocenters. The third kappa shape index (κ3) is 2.90. The van der Waals surface area contributed by atoms with Crippen molar-refractivity contribution >= 4 is 11.8 Å². The van der Waals surface area contributed by atoms with Gasteiger partial charge in [0, 0.05) is 0 Å². The summed E-state index contributed by atoms with van der Waals surface area (Å²) in [6.07, 6.45) is 4.69. The van der Waals surface area contributed by atoms with Gasteiger partial charge in [-0.2, -0.15) is 11.8 Å². The molecule has 0 nitrogen and oxygen atoms in total. The van der Waals surface area contributed by atoms with Crippen LogP contribution in [-0.4, -0.2) is 12.0 Å². The lowest BCUT2D eigenvalue weighted by Gasteiger charge is -2.03. The highest BCUT2D eigenvalue weighted by atomic mass is 32.2. The molecule has 0 aliphatic heterocycles. The van der Waals surface area contributed by atoms with Crippen LogP contribution in [0.25, 0.3) is 0 Å². The van der Waals surface area contributed by atoms with Crippen LogP contribution in [0.15, 0.2) is 24.3 Å². The lowest BCUT2D eigenvalue weighted by atomic mass is 10.1. The van der Waals surface area contributed by atoms with E-state index in [-0.39, 0.29) is 0 Å². The zero-order valence-electron chi connectivity index (χ0n) is 7.84. The monoisotopic (exact) mass is 180 g/mol. The van der Waals surface area contributed by atoms with Crippen molar-refractivity contribution in [1.29, 1.82) is 0 Å². The molecule has 0 spiro atoms. The second-order valence-electron chi connectivity index (χ2n) is 3.02. The van der Waals surface area contributed by atoms with Crippen LogP contribution < -0.4 is 0 Å². The normalized spacial score (nSPS) is 10.2. The highest BCUT2D eigenvalue weighted by Gasteiger charge is 1.95. The molecule has 0 fully saturated rings. The van der Waals surface area contributed by atoms with Crippen LogP contribution in [-0.2, 0) is 6.42 Å². The molecule has 66 valence electrons. The zero-order chi connectivity index (χ0) is 8.81. The van der Waals surface area contributed by atoms with Gasteiger partial charge in [-0.05, 0) is 42.9 Å². The highest BCUT2D eigenvalue weighted by molar-refractivity contribution is 7.98. The molecule has 0 radical (unpaired) electrons. The van der Waals surface area contributed by atoms with Gasteiger partial charge >= 0.3 is 0 Å². The van der Waals surface area contributed by atoms with E-state index in [9.17, 15) is 0 Å². The predicted octanol–water partition coefficient (Wildman–Crippen LogP) is 3.29.